The monoisotopic (exact) mass is 271 g/mol. The Kier molecular flexibility index (Phi) is 2.28. The van der Waals surface area contributed by atoms with Crippen molar-refractivity contribution in [3.63, 3.8) is 0 Å². The maximum absolute atomic E-state index is 12.6. The SMILES string of the molecule is CC1C2=C(CC(C)(C)CC2=O)Nc2n[nH]c(C3CC3)c21. The van der Waals surface area contributed by atoms with E-state index in [4.69, 9.17) is 0 Å². The van der Waals surface area contributed by atoms with E-state index >= 15 is 0 Å². The van der Waals surface area contributed by atoms with Crippen molar-refractivity contribution in [1.82, 2.24) is 10.2 Å². The maximum Gasteiger partial charge on any atom is 0.161 e. The summed E-state index contributed by atoms with van der Waals surface area (Å²) in [5.41, 5.74) is 4.64. The fraction of sp³-hybridized carbons (Fsp3) is 0.625. The molecule has 0 spiro atoms. The molecule has 1 unspecified atom stereocenters. The number of anilines is 1. The minimum absolute atomic E-state index is 0.0514. The Morgan fingerprint density at radius 2 is 2.00 bits per heavy atom. The van der Waals surface area contributed by atoms with Crippen LogP contribution in [-0.2, 0) is 4.79 Å². The number of carbonyl (C=O) groups excluding carboxylic acids is 1. The van der Waals surface area contributed by atoms with Gasteiger partial charge in [-0.1, -0.05) is 20.8 Å². The van der Waals surface area contributed by atoms with Crippen LogP contribution in [0.5, 0.6) is 0 Å². The van der Waals surface area contributed by atoms with Crippen molar-refractivity contribution in [2.24, 2.45) is 5.41 Å². The van der Waals surface area contributed by atoms with E-state index in [2.05, 4.69) is 36.3 Å². The number of aromatic nitrogens is 2. The number of H-pyrrole nitrogens is 1. The predicted octanol–water partition coefficient (Wildman–Crippen LogP) is 3.46. The second-order valence-electron chi connectivity index (χ2n) is 7.35. The van der Waals surface area contributed by atoms with Gasteiger partial charge in [-0.3, -0.25) is 9.89 Å². The zero-order valence-corrected chi connectivity index (χ0v) is 12.3. The van der Waals surface area contributed by atoms with E-state index in [-0.39, 0.29) is 11.3 Å². The molecule has 4 rings (SSSR count). The lowest BCUT2D eigenvalue weighted by atomic mass is 9.71. The first-order valence-corrected chi connectivity index (χ1v) is 7.58. The van der Waals surface area contributed by atoms with Crippen LogP contribution in [-0.4, -0.2) is 16.0 Å². The Hall–Kier alpha value is -1.58. The van der Waals surface area contributed by atoms with Gasteiger partial charge >= 0.3 is 0 Å². The second kappa shape index (κ2) is 3.74. The highest BCUT2D eigenvalue weighted by molar-refractivity contribution is 6.00. The average Bonchev–Trinajstić information content (AvgIpc) is 3.08. The van der Waals surface area contributed by atoms with Crippen molar-refractivity contribution >= 4 is 11.6 Å². The van der Waals surface area contributed by atoms with Gasteiger partial charge in [0, 0.05) is 40.8 Å². The molecule has 0 aromatic carbocycles. The van der Waals surface area contributed by atoms with Crippen LogP contribution in [0.4, 0.5) is 5.82 Å². The smallest absolute Gasteiger partial charge is 0.161 e. The number of Topliss-reactive ketones (excluding diaryl/α,β-unsaturated/α-hetero) is 1. The van der Waals surface area contributed by atoms with Crippen molar-refractivity contribution in [2.45, 2.75) is 58.3 Å². The summed E-state index contributed by atoms with van der Waals surface area (Å²) in [5, 5.41) is 11.1. The van der Waals surface area contributed by atoms with Gasteiger partial charge in [-0.25, -0.2) is 0 Å². The number of hydrogen-bond donors (Lipinski definition) is 2. The van der Waals surface area contributed by atoms with E-state index in [0.29, 0.717) is 18.1 Å². The lowest BCUT2D eigenvalue weighted by Gasteiger charge is -2.37. The van der Waals surface area contributed by atoms with E-state index < -0.39 is 0 Å². The molecular formula is C16H21N3O. The van der Waals surface area contributed by atoms with Crippen molar-refractivity contribution in [1.29, 1.82) is 0 Å². The van der Waals surface area contributed by atoms with Crippen LogP contribution in [0.3, 0.4) is 0 Å². The van der Waals surface area contributed by atoms with E-state index in [0.717, 1.165) is 23.5 Å². The lowest BCUT2D eigenvalue weighted by Crippen LogP contribution is -2.32. The molecule has 0 radical (unpaired) electrons. The molecule has 1 saturated carbocycles. The van der Waals surface area contributed by atoms with E-state index in [9.17, 15) is 4.79 Å². The second-order valence-corrected chi connectivity index (χ2v) is 7.35. The summed E-state index contributed by atoms with van der Waals surface area (Å²) in [7, 11) is 0. The van der Waals surface area contributed by atoms with Gasteiger partial charge < -0.3 is 5.32 Å². The van der Waals surface area contributed by atoms with E-state index in [1.54, 1.807) is 0 Å². The van der Waals surface area contributed by atoms with Crippen molar-refractivity contribution in [2.75, 3.05) is 5.32 Å². The highest BCUT2D eigenvalue weighted by Gasteiger charge is 2.41. The van der Waals surface area contributed by atoms with Crippen molar-refractivity contribution in [3.8, 4) is 0 Å². The van der Waals surface area contributed by atoms with Crippen molar-refractivity contribution in [3.05, 3.63) is 22.5 Å². The topological polar surface area (TPSA) is 57.8 Å². The Bertz CT molecular complexity index is 634. The number of aromatic amines is 1. The molecule has 1 aliphatic heterocycles. The molecule has 1 aromatic heterocycles. The molecule has 1 aromatic rings. The fourth-order valence-electron chi connectivity index (χ4n) is 3.82. The first kappa shape index (κ1) is 12.2. The highest BCUT2D eigenvalue weighted by atomic mass is 16.1. The van der Waals surface area contributed by atoms with Gasteiger partial charge in [0.15, 0.2) is 11.6 Å². The molecule has 3 aliphatic rings. The average molecular weight is 271 g/mol. The Morgan fingerprint density at radius 3 is 2.70 bits per heavy atom. The minimum Gasteiger partial charge on any atom is -0.342 e. The van der Waals surface area contributed by atoms with Crippen LogP contribution in [0.25, 0.3) is 0 Å². The highest BCUT2D eigenvalue weighted by Crippen LogP contribution is 2.50. The Balaban J connectivity index is 1.80. The zero-order chi connectivity index (χ0) is 14.1. The van der Waals surface area contributed by atoms with Gasteiger partial charge in [0.25, 0.3) is 0 Å². The number of hydrogen-bond acceptors (Lipinski definition) is 3. The Labute approximate surface area is 119 Å². The van der Waals surface area contributed by atoms with E-state index in [1.807, 2.05) is 0 Å². The summed E-state index contributed by atoms with van der Waals surface area (Å²) < 4.78 is 0. The maximum atomic E-state index is 12.6. The lowest BCUT2D eigenvalue weighted by molar-refractivity contribution is -0.118. The van der Waals surface area contributed by atoms with Crippen LogP contribution < -0.4 is 5.32 Å². The number of nitrogens with zero attached hydrogens (tertiary/aromatic N) is 1. The number of rotatable bonds is 1. The van der Waals surface area contributed by atoms with Crippen LogP contribution >= 0.6 is 0 Å². The molecule has 4 heteroatoms. The van der Waals surface area contributed by atoms with Gasteiger partial charge in [0.05, 0.1) is 0 Å². The zero-order valence-electron chi connectivity index (χ0n) is 12.3. The van der Waals surface area contributed by atoms with Gasteiger partial charge in [0.2, 0.25) is 0 Å². The summed E-state index contributed by atoms with van der Waals surface area (Å²) in [5.74, 6) is 2.07. The first-order chi connectivity index (χ1) is 9.46. The molecule has 0 saturated heterocycles. The third-order valence-electron chi connectivity index (χ3n) is 4.87. The minimum atomic E-state index is 0.0514. The summed E-state index contributed by atoms with van der Waals surface area (Å²) in [6.07, 6.45) is 4.08. The standard InChI is InChI=1S/C16H21N3O/c1-8-12-10(6-16(2,3)7-11(12)20)17-15-13(8)14(18-19-15)9-4-5-9/h8-9H,4-7H2,1-3H3,(H2,17,18,19). The number of carbonyl (C=O) groups is 1. The van der Waals surface area contributed by atoms with Crippen LogP contribution in [0.2, 0.25) is 0 Å². The van der Waals surface area contributed by atoms with E-state index in [1.165, 1.54) is 24.1 Å². The Morgan fingerprint density at radius 1 is 1.25 bits per heavy atom. The molecule has 1 fully saturated rings. The molecule has 0 bridgehead atoms. The molecule has 4 nitrogen and oxygen atoms in total. The quantitative estimate of drug-likeness (QED) is 0.822. The third kappa shape index (κ3) is 1.67. The predicted molar refractivity (Wildman–Crippen MR) is 77.6 cm³/mol. The van der Waals surface area contributed by atoms with Crippen molar-refractivity contribution < 1.29 is 4.79 Å². The van der Waals surface area contributed by atoms with Gasteiger partial charge in [-0.05, 0) is 24.7 Å². The first-order valence-electron chi connectivity index (χ1n) is 7.58. The number of fused-ring (bicyclic) bond motifs is 1. The normalized spacial score (nSPS) is 27.9. The largest absolute Gasteiger partial charge is 0.342 e. The molecule has 1 atom stereocenters. The molecule has 106 valence electrons. The molecule has 2 heterocycles. The summed E-state index contributed by atoms with van der Waals surface area (Å²) in [6.45, 7) is 6.49. The van der Waals surface area contributed by atoms with Gasteiger partial charge in [-0.15, -0.1) is 0 Å². The molecule has 20 heavy (non-hydrogen) atoms. The fourth-order valence-corrected chi connectivity index (χ4v) is 3.82. The summed E-state index contributed by atoms with van der Waals surface area (Å²) in [4.78, 5) is 12.6. The van der Waals surface area contributed by atoms with Gasteiger partial charge in [-0.2, -0.15) is 5.10 Å². The molecule has 2 N–H and O–H groups in total. The van der Waals surface area contributed by atoms with Crippen LogP contribution in [0, 0.1) is 5.41 Å². The number of allylic oxidation sites excluding steroid dienone is 2. The molecule has 2 aliphatic carbocycles. The number of ketones is 1. The van der Waals surface area contributed by atoms with Crippen LogP contribution in [0.15, 0.2) is 11.3 Å². The molecular weight excluding hydrogens is 250 g/mol. The molecule has 0 amide bonds. The van der Waals surface area contributed by atoms with Gasteiger partial charge in [0.1, 0.15) is 0 Å². The third-order valence-corrected chi connectivity index (χ3v) is 4.87. The number of nitrogens with one attached hydrogen (secondary N) is 2. The summed E-state index contributed by atoms with van der Waals surface area (Å²) >= 11 is 0. The van der Waals surface area contributed by atoms with Crippen LogP contribution in [0.1, 0.15) is 69.5 Å². The summed E-state index contributed by atoms with van der Waals surface area (Å²) in [6, 6.07) is 0.